The highest BCUT2D eigenvalue weighted by Crippen LogP contribution is 2.26. The van der Waals surface area contributed by atoms with E-state index < -0.39 is 28.9 Å². The number of hydrogen-bond donors (Lipinski definition) is 1. The predicted molar refractivity (Wildman–Crippen MR) is 71.5 cm³/mol. The number of nitrogens with two attached hydrogens (primary N) is 1. The summed E-state index contributed by atoms with van der Waals surface area (Å²) in [6, 6.07) is 1.13. The molecule has 1 aliphatic carbocycles. The standard InChI is InChI=1S/C12H17F2N3O3S/c1-16(8-3-2-4-8)12(18)10-5-9(21(15,19)20)6-17(10)7-11(13)14/h5-6,8,11H,2-4,7H2,1H3,(H2,15,19,20). The van der Waals surface area contributed by atoms with Gasteiger partial charge in [-0.05, 0) is 25.3 Å². The maximum Gasteiger partial charge on any atom is 0.270 e. The summed E-state index contributed by atoms with van der Waals surface area (Å²) in [5.41, 5.74) is -0.0891. The van der Waals surface area contributed by atoms with Crippen LogP contribution in [0.2, 0.25) is 0 Å². The van der Waals surface area contributed by atoms with E-state index in [1.165, 1.54) is 4.90 Å². The third-order valence-corrected chi connectivity index (χ3v) is 4.58. The molecule has 1 aromatic rings. The number of amides is 1. The van der Waals surface area contributed by atoms with Crippen LogP contribution in [0.1, 0.15) is 29.8 Å². The Morgan fingerprint density at radius 3 is 2.57 bits per heavy atom. The molecule has 6 nitrogen and oxygen atoms in total. The van der Waals surface area contributed by atoms with Crippen LogP contribution in [0.5, 0.6) is 0 Å². The van der Waals surface area contributed by atoms with Crippen LogP contribution >= 0.6 is 0 Å². The van der Waals surface area contributed by atoms with Gasteiger partial charge in [-0.1, -0.05) is 0 Å². The van der Waals surface area contributed by atoms with Crippen molar-refractivity contribution in [3.05, 3.63) is 18.0 Å². The van der Waals surface area contributed by atoms with E-state index in [0.717, 1.165) is 36.1 Å². The molecule has 0 radical (unpaired) electrons. The lowest BCUT2D eigenvalue weighted by atomic mass is 9.92. The summed E-state index contributed by atoms with van der Waals surface area (Å²) < 4.78 is 48.8. The van der Waals surface area contributed by atoms with Crippen LogP contribution in [0.25, 0.3) is 0 Å². The minimum atomic E-state index is -4.05. The molecule has 0 atom stereocenters. The van der Waals surface area contributed by atoms with Crippen molar-refractivity contribution in [2.75, 3.05) is 7.05 Å². The lowest BCUT2D eigenvalue weighted by Gasteiger charge is -2.34. The molecule has 9 heteroatoms. The Kier molecular flexibility index (Phi) is 4.33. The van der Waals surface area contributed by atoms with Gasteiger partial charge in [-0.15, -0.1) is 0 Å². The lowest BCUT2D eigenvalue weighted by molar-refractivity contribution is 0.0633. The summed E-state index contributed by atoms with van der Waals surface area (Å²) in [4.78, 5) is 13.5. The number of alkyl halides is 2. The highest BCUT2D eigenvalue weighted by atomic mass is 32.2. The van der Waals surface area contributed by atoms with Crippen LogP contribution in [0.4, 0.5) is 8.78 Å². The zero-order chi connectivity index (χ0) is 15.8. The van der Waals surface area contributed by atoms with Crippen molar-refractivity contribution >= 4 is 15.9 Å². The lowest BCUT2D eigenvalue weighted by Crippen LogP contribution is -2.42. The zero-order valence-electron chi connectivity index (χ0n) is 11.5. The Labute approximate surface area is 121 Å². The van der Waals surface area contributed by atoms with Gasteiger partial charge >= 0.3 is 0 Å². The maximum absolute atomic E-state index is 12.6. The fourth-order valence-corrected chi connectivity index (χ4v) is 2.79. The maximum atomic E-state index is 12.6. The second kappa shape index (κ2) is 5.72. The normalized spacial score (nSPS) is 16.0. The van der Waals surface area contributed by atoms with Gasteiger partial charge in [0, 0.05) is 19.3 Å². The molecular weight excluding hydrogens is 304 g/mol. The molecule has 1 heterocycles. The monoisotopic (exact) mass is 321 g/mol. The zero-order valence-corrected chi connectivity index (χ0v) is 12.3. The van der Waals surface area contributed by atoms with Gasteiger partial charge in [0.1, 0.15) is 10.6 Å². The number of carbonyl (C=O) groups is 1. The number of aromatic nitrogens is 1. The Hall–Kier alpha value is -1.48. The van der Waals surface area contributed by atoms with Crippen LogP contribution in [0.15, 0.2) is 17.2 Å². The number of carbonyl (C=O) groups excluding carboxylic acids is 1. The van der Waals surface area contributed by atoms with Crippen LogP contribution in [0, 0.1) is 0 Å². The van der Waals surface area contributed by atoms with Crippen LogP contribution < -0.4 is 5.14 Å². The van der Waals surface area contributed by atoms with Crippen LogP contribution in [-0.2, 0) is 16.6 Å². The van der Waals surface area contributed by atoms with Crippen molar-refractivity contribution in [2.24, 2.45) is 5.14 Å². The molecule has 2 N–H and O–H groups in total. The molecule has 1 aromatic heterocycles. The Bertz CT molecular complexity index is 638. The van der Waals surface area contributed by atoms with E-state index in [0.29, 0.717) is 0 Å². The first-order valence-electron chi connectivity index (χ1n) is 6.48. The van der Waals surface area contributed by atoms with Crippen molar-refractivity contribution < 1.29 is 22.0 Å². The predicted octanol–water partition coefficient (Wildman–Crippen LogP) is 1.03. The highest BCUT2D eigenvalue weighted by Gasteiger charge is 2.29. The van der Waals surface area contributed by atoms with E-state index in [1.807, 2.05) is 0 Å². The molecule has 0 bridgehead atoms. The molecule has 0 saturated heterocycles. The SMILES string of the molecule is CN(C(=O)c1cc(S(N)(=O)=O)cn1CC(F)F)C1CCC1. The third-order valence-electron chi connectivity index (χ3n) is 3.70. The van der Waals surface area contributed by atoms with Gasteiger partial charge < -0.3 is 9.47 Å². The molecule has 0 unspecified atom stereocenters. The van der Waals surface area contributed by atoms with Gasteiger partial charge in [0.15, 0.2) is 0 Å². The second-order valence-corrected chi connectivity index (χ2v) is 6.71. The molecule has 0 spiro atoms. The van der Waals surface area contributed by atoms with Crippen molar-refractivity contribution in [1.29, 1.82) is 0 Å². The largest absolute Gasteiger partial charge is 0.337 e. The van der Waals surface area contributed by atoms with Crippen molar-refractivity contribution in [1.82, 2.24) is 9.47 Å². The quantitative estimate of drug-likeness (QED) is 0.879. The summed E-state index contributed by atoms with van der Waals surface area (Å²) in [7, 11) is -2.46. The van der Waals surface area contributed by atoms with Crippen LogP contribution in [0.3, 0.4) is 0 Å². The van der Waals surface area contributed by atoms with Gasteiger partial charge in [0.05, 0.1) is 6.54 Å². The average Bonchev–Trinajstić information content (AvgIpc) is 2.68. The van der Waals surface area contributed by atoms with E-state index in [9.17, 15) is 22.0 Å². The molecule has 21 heavy (non-hydrogen) atoms. The molecule has 1 aliphatic rings. The van der Waals surface area contributed by atoms with Gasteiger partial charge in [0.25, 0.3) is 12.3 Å². The molecule has 1 saturated carbocycles. The van der Waals surface area contributed by atoms with Crippen molar-refractivity contribution in [2.45, 2.75) is 43.2 Å². The topological polar surface area (TPSA) is 85.4 Å². The summed E-state index contributed by atoms with van der Waals surface area (Å²) in [6.45, 7) is -0.755. The number of hydrogen-bond acceptors (Lipinski definition) is 3. The summed E-state index contributed by atoms with van der Waals surface area (Å²) >= 11 is 0. The average molecular weight is 321 g/mol. The van der Waals surface area contributed by atoms with E-state index in [1.54, 1.807) is 7.05 Å². The molecule has 1 fully saturated rings. The first-order valence-corrected chi connectivity index (χ1v) is 8.03. The number of halogens is 2. The molecular formula is C12H17F2N3O3S. The molecule has 2 rings (SSSR count). The van der Waals surface area contributed by atoms with Crippen LogP contribution in [-0.4, -0.2) is 43.3 Å². The van der Waals surface area contributed by atoms with Gasteiger partial charge in [-0.25, -0.2) is 22.3 Å². The molecule has 1 amide bonds. The fraction of sp³-hybridized carbons (Fsp3) is 0.583. The second-order valence-electron chi connectivity index (χ2n) is 5.15. The van der Waals surface area contributed by atoms with E-state index in [4.69, 9.17) is 5.14 Å². The van der Waals surface area contributed by atoms with E-state index in [-0.39, 0.29) is 16.6 Å². The first kappa shape index (κ1) is 15.9. The minimum absolute atomic E-state index is 0.0744. The van der Waals surface area contributed by atoms with Gasteiger partial charge in [-0.2, -0.15) is 0 Å². The summed E-state index contributed by atoms with van der Waals surface area (Å²) in [5, 5.41) is 4.99. The van der Waals surface area contributed by atoms with Gasteiger partial charge in [0.2, 0.25) is 10.0 Å². The number of primary sulfonamides is 1. The minimum Gasteiger partial charge on any atom is -0.337 e. The van der Waals surface area contributed by atoms with Gasteiger partial charge in [-0.3, -0.25) is 4.79 Å². The first-order chi connectivity index (χ1) is 9.70. The third kappa shape index (κ3) is 3.41. The Balaban J connectivity index is 2.35. The van der Waals surface area contributed by atoms with Crippen molar-refractivity contribution in [3.63, 3.8) is 0 Å². The number of sulfonamides is 1. The number of rotatable bonds is 5. The summed E-state index contributed by atoms with van der Waals surface area (Å²) in [6.07, 6.45) is 1.01. The molecule has 118 valence electrons. The highest BCUT2D eigenvalue weighted by molar-refractivity contribution is 7.89. The Morgan fingerprint density at radius 1 is 1.52 bits per heavy atom. The number of nitrogens with zero attached hydrogens (tertiary/aromatic N) is 2. The molecule has 0 aliphatic heterocycles. The Morgan fingerprint density at radius 2 is 2.14 bits per heavy atom. The molecule has 0 aromatic carbocycles. The smallest absolute Gasteiger partial charge is 0.270 e. The van der Waals surface area contributed by atoms with Crippen molar-refractivity contribution in [3.8, 4) is 0 Å². The fourth-order valence-electron chi connectivity index (χ4n) is 2.24. The van der Waals surface area contributed by atoms with E-state index in [2.05, 4.69) is 0 Å². The summed E-state index contributed by atoms with van der Waals surface area (Å²) in [5.74, 6) is -0.477. The van der Waals surface area contributed by atoms with E-state index >= 15 is 0 Å².